The Morgan fingerprint density at radius 2 is 1.50 bits per heavy atom. The molecule has 2 aromatic carbocycles. The SMILES string of the molecule is O=C(COC(=O)COc1ccc(-c2ccccc2)cc1)NCC(F)(F)F. The first kappa shape index (κ1) is 19.3. The van der Waals surface area contributed by atoms with Crippen molar-refractivity contribution in [3.8, 4) is 16.9 Å². The summed E-state index contributed by atoms with van der Waals surface area (Å²) in [5.74, 6) is -1.48. The third-order valence-corrected chi connectivity index (χ3v) is 3.17. The lowest BCUT2D eigenvalue weighted by Gasteiger charge is -2.09. The number of amides is 1. The second-order valence-electron chi connectivity index (χ2n) is 5.23. The van der Waals surface area contributed by atoms with Crippen molar-refractivity contribution < 1.29 is 32.2 Å². The van der Waals surface area contributed by atoms with Crippen LogP contribution in [0.3, 0.4) is 0 Å². The molecule has 138 valence electrons. The number of nitrogens with one attached hydrogen (secondary N) is 1. The number of ether oxygens (including phenoxy) is 2. The minimum absolute atomic E-state index is 0.420. The molecular formula is C18H16F3NO4. The Labute approximate surface area is 147 Å². The largest absolute Gasteiger partial charge is 0.482 e. The number of carbonyl (C=O) groups excluding carboxylic acids is 2. The van der Waals surface area contributed by atoms with Gasteiger partial charge in [-0.3, -0.25) is 4.79 Å². The van der Waals surface area contributed by atoms with Gasteiger partial charge in [0, 0.05) is 0 Å². The average molecular weight is 367 g/mol. The van der Waals surface area contributed by atoms with E-state index in [-0.39, 0.29) is 0 Å². The van der Waals surface area contributed by atoms with E-state index < -0.39 is 37.8 Å². The van der Waals surface area contributed by atoms with Crippen LogP contribution in [-0.4, -0.2) is 37.8 Å². The monoisotopic (exact) mass is 367 g/mol. The highest BCUT2D eigenvalue weighted by Gasteiger charge is 2.27. The summed E-state index contributed by atoms with van der Waals surface area (Å²) in [6, 6.07) is 16.6. The van der Waals surface area contributed by atoms with Gasteiger partial charge in [0.05, 0.1) is 0 Å². The minimum atomic E-state index is -4.52. The van der Waals surface area contributed by atoms with E-state index in [0.29, 0.717) is 5.75 Å². The Bertz CT molecular complexity index is 730. The predicted octanol–water partition coefficient (Wildman–Crippen LogP) is 2.95. The standard InChI is InChI=1S/C18H16F3NO4/c19-18(20,21)12-22-16(23)10-26-17(24)11-25-15-8-6-14(7-9-15)13-4-2-1-3-5-13/h1-9H,10-12H2,(H,22,23). The summed E-state index contributed by atoms with van der Waals surface area (Å²) < 4.78 is 45.5. The van der Waals surface area contributed by atoms with Gasteiger partial charge in [0.2, 0.25) is 0 Å². The highest BCUT2D eigenvalue weighted by atomic mass is 19.4. The van der Waals surface area contributed by atoms with Gasteiger partial charge in [0.15, 0.2) is 13.2 Å². The van der Waals surface area contributed by atoms with Gasteiger partial charge in [-0.05, 0) is 23.3 Å². The van der Waals surface area contributed by atoms with Crippen LogP contribution >= 0.6 is 0 Å². The molecule has 2 rings (SSSR count). The molecule has 0 aliphatic rings. The molecule has 26 heavy (non-hydrogen) atoms. The van der Waals surface area contributed by atoms with Crippen molar-refractivity contribution in [3.05, 3.63) is 54.6 Å². The van der Waals surface area contributed by atoms with Gasteiger partial charge in [-0.15, -0.1) is 0 Å². The van der Waals surface area contributed by atoms with Crippen LogP contribution in [0.25, 0.3) is 11.1 Å². The molecule has 0 aliphatic carbocycles. The van der Waals surface area contributed by atoms with Crippen LogP contribution in [-0.2, 0) is 14.3 Å². The fourth-order valence-corrected chi connectivity index (χ4v) is 1.95. The molecule has 1 amide bonds. The van der Waals surface area contributed by atoms with Crippen molar-refractivity contribution in [2.24, 2.45) is 0 Å². The van der Waals surface area contributed by atoms with Crippen LogP contribution in [0.1, 0.15) is 0 Å². The lowest BCUT2D eigenvalue weighted by atomic mass is 10.1. The molecule has 0 spiro atoms. The number of benzene rings is 2. The summed E-state index contributed by atoms with van der Waals surface area (Å²) >= 11 is 0. The molecule has 2 aromatic rings. The first-order valence-electron chi connectivity index (χ1n) is 7.61. The van der Waals surface area contributed by atoms with E-state index in [1.165, 1.54) is 0 Å². The van der Waals surface area contributed by atoms with Crippen molar-refractivity contribution in [3.63, 3.8) is 0 Å². The molecule has 0 atom stereocenters. The average Bonchev–Trinajstić information content (AvgIpc) is 2.63. The van der Waals surface area contributed by atoms with Gasteiger partial charge < -0.3 is 14.8 Å². The van der Waals surface area contributed by atoms with Crippen molar-refractivity contribution >= 4 is 11.9 Å². The summed E-state index contributed by atoms with van der Waals surface area (Å²) in [5.41, 5.74) is 2.00. The van der Waals surface area contributed by atoms with E-state index in [9.17, 15) is 22.8 Å². The molecule has 1 N–H and O–H groups in total. The predicted molar refractivity (Wildman–Crippen MR) is 87.4 cm³/mol. The fourth-order valence-electron chi connectivity index (χ4n) is 1.95. The Morgan fingerprint density at radius 3 is 2.12 bits per heavy atom. The number of carbonyl (C=O) groups is 2. The summed E-state index contributed by atoms with van der Waals surface area (Å²) in [5, 5.41) is 1.59. The lowest BCUT2D eigenvalue weighted by Crippen LogP contribution is -2.36. The number of esters is 1. The van der Waals surface area contributed by atoms with Crippen LogP contribution in [0, 0.1) is 0 Å². The molecule has 0 heterocycles. The van der Waals surface area contributed by atoms with Crippen LogP contribution in [0.15, 0.2) is 54.6 Å². The molecule has 0 unspecified atom stereocenters. The summed E-state index contributed by atoms with van der Waals surface area (Å²) in [6.07, 6.45) is -4.52. The third kappa shape index (κ3) is 6.84. The summed E-state index contributed by atoms with van der Waals surface area (Å²) in [4.78, 5) is 22.6. The molecule has 0 radical (unpaired) electrons. The van der Waals surface area contributed by atoms with Crippen LogP contribution in [0.5, 0.6) is 5.75 Å². The van der Waals surface area contributed by atoms with E-state index in [1.807, 2.05) is 42.5 Å². The zero-order valence-electron chi connectivity index (χ0n) is 13.6. The quantitative estimate of drug-likeness (QED) is 0.765. The molecule has 5 nitrogen and oxygen atoms in total. The fraction of sp³-hybridized carbons (Fsp3) is 0.222. The van der Waals surface area contributed by atoms with E-state index >= 15 is 0 Å². The molecule has 0 aromatic heterocycles. The maximum absolute atomic E-state index is 11.9. The molecule has 0 saturated heterocycles. The van der Waals surface area contributed by atoms with E-state index in [4.69, 9.17) is 4.74 Å². The number of hydrogen-bond donors (Lipinski definition) is 1. The molecular weight excluding hydrogens is 351 g/mol. The third-order valence-electron chi connectivity index (χ3n) is 3.17. The van der Waals surface area contributed by atoms with Crippen LogP contribution in [0.4, 0.5) is 13.2 Å². The van der Waals surface area contributed by atoms with Crippen molar-refractivity contribution in [2.75, 3.05) is 19.8 Å². The Kier molecular flexibility index (Phi) is 6.60. The van der Waals surface area contributed by atoms with Gasteiger partial charge >= 0.3 is 12.1 Å². The van der Waals surface area contributed by atoms with Gasteiger partial charge in [-0.2, -0.15) is 13.2 Å². The topological polar surface area (TPSA) is 64.6 Å². The lowest BCUT2D eigenvalue weighted by molar-refractivity contribution is -0.152. The molecule has 8 heteroatoms. The Hall–Kier alpha value is -3.03. The highest BCUT2D eigenvalue weighted by molar-refractivity contribution is 5.80. The first-order chi connectivity index (χ1) is 12.3. The van der Waals surface area contributed by atoms with Gasteiger partial charge in [0.1, 0.15) is 12.3 Å². The summed E-state index contributed by atoms with van der Waals surface area (Å²) in [7, 11) is 0. The van der Waals surface area contributed by atoms with Gasteiger partial charge in [-0.1, -0.05) is 42.5 Å². The molecule has 0 saturated carbocycles. The number of halogens is 3. The number of alkyl halides is 3. The minimum Gasteiger partial charge on any atom is -0.482 e. The molecule has 0 bridgehead atoms. The zero-order chi connectivity index (χ0) is 19.0. The summed E-state index contributed by atoms with van der Waals surface area (Å²) in [6.45, 7) is -2.74. The Balaban J connectivity index is 1.73. The van der Waals surface area contributed by atoms with E-state index in [0.717, 1.165) is 11.1 Å². The normalized spacial score (nSPS) is 10.9. The maximum atomic E-state index is 11.9. The Morgan fingerprint density at radius 1 is 0.885 bits per heavy atom. The van der Waals surface area contributed by atoms with Crippen molar-refractivity contribution in [1.29, 1.82) is 0 Å². The van der Waals surface area contributed by atoms with Gasteiger partial charge in [0.25, 0.3) is 5.91 Å². The second kappa shape index (κ2) is 8.89. The van der Waals surface area contributed by atoms with Gasteiger partial charge in [-0.25, -0.2) is 4.79 Å². The first-order valence-corrected chi connectivity index (χ1v) is 7.61. The zero-order valence-corrected chi connectivity index (χ0v) is 13.6. The van der Waals surface area contributed by atoms with Crippen LogP contribution < -0.4 is 10.1 Å². The highest BCUT2D eigenvalue weighted by Crippen LogP contribution is 2.22. The van der Waals surface area contributed by atoms with E-state index in [1.54, 1.807) is 17.4 Å². The number of rotatable bonds is 7. The maximum Gasteiger partial charge on any atom is 0.405 e. The van der Waals surface area contributed by atoms with E-state index in [2.05, 4.69) is 4.74 Å². The number of hydrogen-bond acceptors (Lipinski definition) is 4. The van der Waals surface area contributed by atoms with Crippen molar-refractivity contribution in [2.45, 2.75) is 6.18 Å². The van der Waals surface area contributed by atoms with Crippen LogP contribution in [0.2, 0.25) is 0 Å². The second-order valence-corrected chi connectivity index (χ2v) is 5.23. The molecule has 0 aliphatic heterocycles. The smallest absolute Gasteiger partial charge is 0.405 e. The van der Waals surface area contributed by atoms with Crippen molar-refractivity contribution in [1.82, 2.24) is 5.32 Å². The molecule has 0 fully saturated rings.